The van der Waals surface area contributed by atoms with Crippen LogP contribution < -0.4 is 4.90 Å². The van der Waals surface area contributed by atoms with Crippen molar-refractivity contribution in [1.82, 2.24) is 4.98 Å². The number of rotatable bonds is 2. The quantitative estimate of drug-likeness (QED) is 0.700. The summed E-state index contributed by atoms with van der Waals surface area (Å²) in [6.45, 7) is 0. The Labute approximate surface area is 79.0 Å². The van der Waals surface area contributed by atoms with Crippen LogP contribution in [0.5, 0.6) is 0 Å². The van der Waals surface area contributed by atoms with Gasteiger partial charge in [0.2, 0.25) is 0 Å². The summed E-state index contributed by atoms with van der Waals surface area (Å²) in [5.41, 5.74) is 1.23. The highest BCUT2D eigenvalue weighted by atomic mass is 35.5. The van der Waals surface area contributed by atoms with Crippen LogP contribution in [0.2, 0.25) is 0 Å². The van der Waals surface area contributed by atoms with Crippen molar-refractivity contribution in [3.05, 3.63) is 24.5 Å². The lowest BCUT2D eigenvalue weighted by atomic mass is 10.4. The molecule has 2 rings (SSSR count). The van der Waals surface area contributed by atoms with E-state index in [4.69, 9.17) is 0 Å². The summed E-state index contributed by atoms with van der Waals surface area (Å²) in [6.07, 6.45) is 6.40. The molecule has 1 aromatic rings. The monoisotopic (exact) mass is 184 g/mol. The predicted octanol–water partition coefficient (Wildman–Crippen LogP) is 2.10. The normalized spacial score (nSPS) is 15.1. The summed E-state index contributed by atoms with van der Waals surface area (Å²) >= 11 is 0. The minimum atomic E-state index is 0. The molecule has 1 aliphatic rings. The molecule has 0 aromatic carbocycles. The minimum Gasteiger partial charge on any atom is -0.370 e. The molecule has 0 radical (unpaired) electrons. The van der Waals surface area contributed by atoms with Gasteiger partial charge in [0.1, 0.15) is 0 Å². The van der Waals surface area contributed by atoms with Gasteiger partial charge in [-0.3, -0.25) is 4.98 Å². The zero-order valence-corrected chi connectivity index (χ0v) is 7.92. The van der Waals surface area contributed by atoms with Crippen molar-refractivity contribution in [3.8, 4) is 0 Å². The lowest BCUT2D eigenvalue weighted by Crippen LogP contribution is -2.19. The molecule has 0 saturated heterocycles. The smallest absolute Gasteiger partial charge is 0.0552 e. The maximum Gasteiger partial charge on any atom is 0.0552 e. The second kappa shape index (κ2) is 3.76. The number of anilines is 1. The third-order valence-corrected chi connectivity index (χ3v) is 2.15. The minimum absolute atomic E-state index is 0. The summed E-state index contributed by atoms with van der Waals surface area (Å²) in [5, 5.41) is 0. The first kappa shape index (κ1) is 9.33. The molecule has 0 atom stereocenters. The maximum atomic E-state index is 4.07. The van der Waals surface area contributed by atoms with Gasteiger partial charge in [-0.05, 0) is 25.0 Å². The lowest BCUT2D eigenvalue weighted by Gasteiger charge is -2.17. The van der Waals surface area contributed by atoms with E-state index in [-0.39, 0.29) is 12.4 Å². The Kier molecular flexibility index (Phi) is 2.93. The Bertz CT molecular complexity index is 234. The van der Waals surface area contributed by atoms with Gasteiger partial charge in [-0.25, -0.2) is 0 Å². The van der Waals surface area contributed by atoms with Crippen LogP contribution in [0.1, 0.15) is 12.8 Å². The molecule has 2 nitrogen and oxygen atoms in total. The second-order valence-corrected chi connectivity index (χ2v) is 3.05. The van der Waals surface area contributed by atoms with Crippen LogP contribution in [0.25, 0.3) is 0 Å². The summed E-state index contributed by atoms with van der Waals surface area (Å²) in [6, 6.07) is 4.86. The Hall–Kier alpha value is -0.760. The van der Waals surface area contributed by atoms with Gasteiger partial charge < -0.3 is 4.90 Å². The van der Waals surface area contributed by atoms with E-state index in [0.717, 1.165) is 6.04 Å². The first-order valence-corrected chi connectivity index (χ1v) is 4.01. The molecular weight excluding hydrogens is 172 g/mol. The molecule has 0 spiro atoms. The molecule has 1 saturated carbocycles. The van der Waals surface area contributed by atoms with Gasteiger partial charge >= 0.3 is 0 Å². The van der Waals surface area contributed by atoms with E-state index in [2.05, 4.69) is 23.0 Å². The number of hydrogen-bond donors (Lipinski definition) is 0. The SMILES string of the molecule is CN(c1cccnc1)C1CC1.Cl. The van der Waals surface area contributed by atoms with Gasteiger partial charge in [0.05, 0.1) is 11.9 Å². The third kappa shape index (κ3) is 1.89. The van der Waals surface area contributed by atoms with Crippen LogP contribution in [-0.4, -0.2) is 18.1 Å². The van der Waals surface area contributed by atoms with Crippen LogP contribution in [0, 0.1) is 0 Å². The Morgan fingerprint density at radius 1 is 1.50 bits per heavy atom. The molecule has 3 heteroatoms. The zero-order valence-electron chi connectivity index (χ0n) is 7.10. The van der Waals surface area contributed by atoms with Crippen molar-refractivity contribution in [2.75, 3.05) is 11.9 Å². The maximum absolute atomic E-state index is 4.07. The molecule has 0 bridgehead atoms. The fourth-order valence-electron chi connectivity index (χ4n) is 1.24. The fourth-order valence-corrected chi connectivity index (χ4v) is 1.24. The summed E-state index contributed by atoms with van der Waals surface area (Å²) in [7, 11) is 2.13. The molecule has 0 amide bonds. The van der Waals surface area contributed by atoms with E-state index in [1.807, 2.05) is 18.5 Å². The van der Waals surface area contributed by atoms with Crippen molar-refractivity contribution < 1.29 is 0 Å². The summed E-state index contributed by atoms with van der Waals surface area (Å²) in [5.74, 6) is 0. The molecular formula is C9H13ClN2. The van der Waals surface area contributed by atoms with E-state index in [1.54, 1.807) is 0 Å². The fraction of sp³-hybridized carbons (Fsp3) is 0.444. The molecule has 66 valence electrons. The van der Waals surface area contributed by atoms with Gasteiger partial charge in [0.15, 0.2) is 0 Å². The largest absolute Gasteiger partial charge is 0.370 e. The predicted molar refractivity (Wildman–Crippen MR) is 52.9 cm³/mol. The Morgan fingerprint density at radius 2 is 2.25 bits per heavy atom. The molecule has 1 aliphatic carbocycles. The van der Waals surface area contributed by atoms with Crippen molar-refractivity contribution in [3.63, 3.8) is 0 Å². The van der Waals surface area contributed by atoms with Gasteiger partial charge in [-0.15, -0.1) is 12.4 Å². The van der Waals surface area contributed by atoms with E-state index < -0.39 is 0 Å². The molecule has 1 aromatic heterocycles. The van der Waals surface area contributed by atoms with Gasteiger partial charge in [0.25, 0.3) is 0 Å². The van der Waals surface area contributed by atoms with Gasteiger partial charge in [-0.2, -0.15) is 0 Å². The topological polar surface area (TPSA) is 16.1 Å². The van der Waals surface area contributed by atoms with Crippen LogP contribution >= 0.6 is 12.4 Å². The molecule has 1 heterocycles. The van der Waals surface area contributed by atoms with Crippen molar-refractivity contribution >= 4 is 18.1 Å². The molecule has 0 unspecified atom stereocenters. The summed E-state index contributed by atoms with van der Waals surface area (Å²) < 4.78 is 0. The van der Waals surface area contributed by atoms with Crippen LogP contribution in [-0.2, 0) is 0 Å². The molecule has 1 fully saturated rings. The van der Waals surface area contributed by atoms with E-state index in [1.165, 1.54) is 18.5 Å². The highest BCUT2D eigenvalue weighted by molar-refractivity contribution is 5.85. The number of hydrogen-bond acceptors (Lipinski definition) is 2. The first-order chi connectivity index (χ1) is 5.38. The zero-order chi connectivity index (χ0) is 7.68. The number of pyridine rings is 1. The highest BCUT2D eigenvalue weighted by Gasteiger charge is 2.26. The van der Waals surface area contributed by atoms with Gasteiger partial charge in [0, 0.05) is 19.3 Å². The Morgan fingerprint density at radius 3 is 2.75 bits per heavy atom. The van der Waals surface area contributed by atoms with E-state index >= 15 is 0 Å². The van der Waals surface area contributed by atoms with Crippen molar-refractivity contribution in [2.24, 2.45) is 0 Å². The standard InChI is InChI=1S/C9H12N2.ClH/c1-11(8-4-5-8)9-3-2-6-10-7-9;/h2-3,6-8H,4-5H2,1H3;1H. The van der Waals surface area contributed by atoms with Crippen molar-refractivity contribution in [2.45, 2.75) is 18.9 Å². The average Bonchev–Trinajstić information content (AvgIpc) is 2.87. The first-order valence-electron chi connectivity index (χ1n) is 4.01. The second-order valence-electron chi connectivity index (χ2n) is 3.05. The third-order valence-electron chi connectivity index (χ3n) is 2.15. The van der Waals surface area contributed by atoms with Gasteiger partial charge in [-0.1, -0.05) is 0 Å². The molecule has 0 N–H and O–H groups in total. The average molecular weight is 185 g/mol. The number of aromatic nitrogens is 1. The van der Waals surface area contributed by atoms with Crippen LogP contribution in [0.15, 0.2) is 24.5 Å². The van der Waals surface area contributed by atoms with Crippen LogP contribution in [0.4, 0.5) is 5.69 Å². The Balaban J connectivity index is 0.000000720. The van der Waals surface area contributed by atoms with E-state index in [9.17, 15) is 0 Å². The lowest BCUT2D eigenvalue weighted by molar-refractivity contribution is 0.912. The molecule has 0 aliphatic heterocycles. The van der Waals surface area contributed by atoms with Crippen LogP contribution in [0.3, 0.4) is 0 Å². The highest BCUT2D eigenvalue weighted by Crippen LogP contribution is 2.29. The number of nitrogens with zero attached hydrogens (tertiary/aromatic N) is 2. The van der Waals surface area contributed by atoms with E-state index in [0.29, 0.717) is 0 Å². The summed E-state index contributed by atoms with van der Waals surface area (Å²) in [4.78, 5) is 6.37. The van der Waals surface area contributed by atoms with Crippen molar-refractivity contribution in [1.29, 1.82) is 0 Å². The number of halogens is 1. The molecule has 12 heavy (non-hydrogen) atoms.